The molecule has 11 heavy (non-hydrogen) atoms. The molecule has 0 fully saturated rings. The molecule has 0 unspecified atom stereocenters. The molecule has 1 aromatic carbocycles. The van der Waals surface area contributed by atoms with Crippen molar-refractivity contribution in [3.05, 3.63) is 42.0 Å². The second-order valence-corrected chi connectivity index (χ2v) is 1.91. The SMILES string of the molecule is CC=Cc1ccccc1.OO. The third-order valence-electron chi connectivity index (χ3n) is 1.16. The number of hydrogen-bond acceptors (Lipinski definition) is 2. The Kier molecular flexibility index (Phi) is 6.28. The minimum absolute atomic E-state index is 1.26. The molecular weight excluding hydrogens is 140 g/mol. The summed E-state index contributed by atoms with van der Waals surface area (Å²) >= 11 is 0. The van der Waals surface area contributed by atoms with E-state index in [4.69, 9.17) is 10.5 Å². The van der Waals surface area contributed by atoms with Crippen LogP contribution in [0.5, 0.6) is 0 Å². The van der Waals surface area contributed by atoms with E-state index in [0.717, 1.165) is 0 Å². The van der Waals surface area contributed by atoms with Crippen LogP contribution in [0.15, 0.2) is 36.4 Å². The molecule has 1 rings (SSSR count). The van der Waals surface area contributed by atoms with Crippen LogP contribution in [0.3, 0.4) is 0 Å². The van der Waals surface area contributed by atoms with Crippen molar-refractivity contribution in [2.45, 2.75) is 6.92 Å². The Morgan fingerprint density at radius 1 is 1.09 bits per heavy atom. The second-order valence-electron chi connectivity index (χ2n) is 1.91. The summed E-state index contributed by atoms with van der Waals surface area (Å²) in [6.07, 6.45) is 4.12. The Morgan fingerprint density at radius 2 is 1.64 bits per heavy atom. The van der Waals surface area contributed by atoms with Gasteiger partial charge in [-0.15, -0.1) is 0 Å². The summed E-state index contributed by atoms with van der Waals surface area (Å²) in [5.74, 6) is 0. The van der Waals surface area contributed by atoms with Gasteiger partial charge in [-0.1, -0.05) is 42.5 Å². The van der Waals surface area contributed by atoms with Gasteiger partial charge in [-0.2, -0.15) is 0 Å². The average molecular weight is 152 g/mol. The largest absolute Gasteiger partial charge is 0.255 e. The molecule has 0 radical (unpaired) electrons. The van der Waals surface area contributed by atoms with E-state index in [1.807, 2.05) is 31.2 Å². The lowest BCUT2D eigenvalue weighted by atomic mass is 10.2. The molecule has 0 atom stereocenters. The van der Waals surface area contributed by atoms with E-state index in [1.54, 1.807) is 0 Å². The summed E-state index contributed by atoms with van der Waals surface area (Å²) in [6.45, 7) is 2.02. The molecular formula is C9H12O2. The molecule has 0 spiro atoms. The Labute approximate surface area is 66.4 Å². The van der Waals surface area contributed by atoms with Gasteiger partial charge in [0.05, 0.1) is 0 Å². The molecule has 0 aliphatic rings. The van der Waals surface area contributed by atoms with Crippen molar-refractivity contribution >= 4 is 6.08 Å². The smallest absolute Gasteiger partial charge is 0.0260 e. The van der Waals surface area contributed by atoms with E-state index in [2.05, 4.69) is 18.2 Å². The number of rotatable bonds is 1. The van der Waals surface area contributed by atoms with Gasteiger partial charge < -0.3 is 0 Å². The molecule has 0 bridgehead atoms. The highest BCUT2D eigenvalue weighted by Crippen LogP contribution is 1.99. The van der Waals surface area contributed by atoms with Gasteiger partial charge >= 0.3 is 0 Å². The van der Waals surface area contributed by atoms with Crippen LogP contribution in [0, 0.1) is 0 Å². The molecule has 60 valence electrons. The molecule has 0 saturated carbocycles. The monoisotopic (exact) mass is 152 g/mol. The summed E-state index contributed by atoms with van der Waals surface area (Å²) < 4.78 is 0. The van der Waals surface area contributed by atoms with Crippen molar-refractivity contribution in [3.8, 4) is 0 Å². The zero-order valence-corrected chi connectivity index (χ0v) is 6.44. The van der Waals surface area contributed by atoms with Crippen molar-refractivity contribution in [2.24, 2.45) is 0 Å². The number of hydrogen-bond donors (Lipinski definition) is 2. The minimum Gasteiger partial charge on any atom is -0.255 e. The topological polar surface area (TPSA) is 40.5 Å². The molecule has 2 heteroatoms. The summed E-state index contributed by atoms with van der Waals surface area (Å²) in [7, 11) is 0. The van der Waals surface area contributed by atoms with Gasteiger partial charge in [-0.3, -0.25) is 10.5 Å². The van der Waals surface area contributed by atoms with E-state index in [9.17, 15) is 0 Å². The number of benzene rings is 1. The Morgan fingerprint density at radius 3 is 2.09 bits per heavy atom. The zero-order valence-electron chi connectivity index (χ0n) is 6.44. The van der Waals surface area contributed by atoms with E-state index in [-0.39, 0.29) is 0 Å². The third-order valence-corrected chi connectivity index (χ3v) is 1.16. The molecule has 2 nitrogen and oxygen atoms in total. The highest BCUT2D eigenvalue weighted by atomic mass is 17.0. The molecule has 0 heterocycles. The molecule has 0 aliphatic carbocycles. The van der Waals surface area contributed by atoms with Crippen molar-refractivity contribution in [2.75, 3.05) is 0 Å². The lowest BCUT2D eigenvalue weighted by Crippen LogP contribution is -1.65. The van der Waals surface area contributed by atoms with Crippen LogP contribution in [0.25, 0.3) is 6.08 Å². The molecule has 2 N–H and O–H groups in total. The molecule has 1 aromatic rings. The lowest BCUT2D eigenvalue weighted by Gasteiger charge is -1.86. The molecule has 0 aromatic heterocycles. The van der Waals surface area contributed by atoms with Gasteiger partial charge in [0.1, 0.15) is 0 Å². The maximum atomic E-state index is 6.00. The van der Waals surface area contributed by atoms with Gasteiger partial charge in [0.15, 0.2) is 0 Å². The van der Waals surface area contributed by atoms with Crippen molar-refractivity contribution < 1.29 is 10.5 Å². The van der Waals surface area contributed by atoms with Gasteiger partial charge in [-0.05, 0) is 12.5 Å². The fraction of sp³-hybridized carbons (Fsp3) is 0.111. The van der Waals surface area contributed by atoms with Crippen LogP contribution in [0.1, 0.15) is 12.5 Å². The van der Waals surface area contributed by atoms with Crippen LogP contribution >= 0.6 is 0 Å². The molecule has 0 saturated heterocycles. The summed E-state index contributed by atoms with van der Waals surface area (Å²) in [4.78, 5) is 0. The highest BCUT2D eigenvalue weighted by Gasteiger charge is 1.77. The predicted octanol–water partition coefficient (Wildman–Crippen LogP) is 2.74. The van der Waals surface area contributed by atoms with Gasteiger partial charge in [0.2, 0.25) is 0 Å². The maximum Gasteiger partial charge on any atom is -0.0260 e. The van der Waals surface area contributed by atoms with Crippen LogP contribution in [-0.2, 0) is 0 Å². The predicted molar refractivity (Wildman–Crippen MR) is 46.4 cm³/mol. The first-order chi connectivity index (χ1) is 5.43. The Balaban J connectivity index is 0.000000461. The molecule has 0 amide bonds. The first kappa shape index (κ1) is 9.88. The zero-order chi connectivity index (χ0) is 8.53. The summed E-state index contributed by atoms with van der Waals surface area (Å²) in [6, 6.07) is 10.3. The van der Waals surface area contributed by atoms with E-state index >= 15 is 0 Å². The van der Waals surface area contributed by atoms with Crippen molar-refractivity contribution in [3.63, 3.8) is 0 Å². The minimum atomic E-state index is 1.26. The van der Waals surface area contributed by atoms with E-state index in [1.165, 1.54) is 5.56 Å². The average Bonchev–Trinajstić information content (AvgIpc) is 2.11. The van der Waals surface area contributed by atoms with Crippen LogP contribution in [-0.4, -0.2) is 10.5 Å². The van der Waals surface area contributed by atoms with Crippen LogP contribution in [0.4, 0.5) is 0 Å². The second kappa shape index (κ2) is 6.99. The van der Waals surface area contributed by atoms with Gasteiger partial charge in [0, 0.05) is 0 Å². The first-order valence-electron chi connectivity index (χ1n) is 3.31. The fourth-order valence-electron chi connectivity index (χ4n) is 0.757. The number of allylic oxidation sites excluding steroid dienone is 1. The first-order valence-corrected chi connectivity index (χ1v) is 3.31. The Bertz CT molecular complexity index is 192. The van der Waals surface area contributed by atoms with Gasteiger partial charge in [0.25, 0.3) is 0 Å². The van der Waals surface area contributed by atoms with Gasteiger partial charge in [-0.25, -0.2) is 0 Å². The van der Waals surface area contributed by atoms with Crippen molar-refractivity contribution in [1.82, 2.24) is 0 Å². The third kappa shape index (κ3) is 4.31. The Hall–Kier alpha value is -1.12. The summed E-state index contributed by atoms with van der Waals surface area (Å²) in [5, 5.41) is 12.0. The summed E-state index contributed by atoms with van der Waals surface area (Å²) in [5.41, 5.74) is 1.26. The standard InChI is InChI=1S/C9H10.H2O2/c1-2-6-9-7-4-3-5-8-9;1-2/h2-8H,1H3;1-2H. The fourth-order valence-corrected chi connectivity index (χ4v) is 0.757. The quantitative estimate of drug-likeness (QED) is 0.479. The highest BCUT2D eigenvalue weighted by molar-refractivity contribution is 5.47. The molecule has 0 aliphatic heterocycles. The van der Waals surface area contributed by atoms with Crippen molar-refractivity contribution in [1.29, 1.82) is 0 Å². The van der Waals surface area contributed by atoms with E-state index in [0.29, 0.717) is 0 Å². The lowest BCUT2D eigenvalue weighted by molar-refractivity contribution is -0.176. The normalized spacial score (nSPS) is 9.00. The van der Waals surface area contributed by atoms with Crippen LogP contribution in [0.2, 0.25) is 0 Å². The maximum absolute atomic E-state index is 6.00. The van der Waals surface area contributed by atoms with Crippen LogP contribution < -0.4 is 0 Å². The van der Waals surface area contributed by atoms with E-state index < -0.39 is 0 Å².